The van der Waals surface area contributed by atoms with Crippen molar-refractivity contribution in [1.82, 2.24) is 4.72 Å². The highest BCUT2D eigenvalue weighted by molar-refractivity contribution is 7.89. The molecular weight excluding hydrogens is 487 g/mol. The molecule has 0 bridgehead atoms. The monoisotopic (exact) mass is 506 g/mol. The Balaban J connectivity index is 2.08. The number of esters is 1. The molecule has 1 amide bonds. The SMILES string of the molecule is CC(OC(=O)[C@@H](NS(=O)(=O)c1ccc(Cl)cc1)C(C)C)C(=O)Nc1cc(Cl)cc(Cl)c1. The number of halogens is 3. The zero-order valence-corrected chi connectivity index (χ0v) is 19.9. The summed E-state index contributed by atoms with van der Waals surface area (Å²) in [6.45, 7) is 4.66. The summed E-state index contributed by atoms with van der Waals surface area (Å²) in [5.74, 6) is -1.97. The molecular formula is C20H21Cl3N2O5S. The van der Waals surface area contributed by atoms with Crippen molar-refractivity contribution in [2.75, 3.05) is 5.32 Å². The average molecular weight is 508 g/mol. The Bertz CT molecular complexity index is 1040. The Hall–Kier alpha value is -1.84. The van der Waals surface area contributed by atoms with E-state index in [-0.39, 0.29) is 4.90 Å². The van der Waals surface area contributed by atoms with Crippen LogP contribution in [0.25, 0.3) is 0 Å². The zero-order valence-electron chi connectivity index (χ0n) is 16.9. The van der Waals surface area contributed by atoms with E-state index < -0.39 is 40.0 Å². The maximum Gasteiger partial charge on any atom is 0.325 e. The zero-order chi connectivity index (χ0) is 23.3. The lowest BCUT2D eigenvalue weighted by atomic mass is 10.1. The van der Waals surface area contributed by atoms with Gasteiger partial charge in [0.05, 0.1) is 4.90 Å². The van der Waals surface area contributed by atoms with Crippen LogP contribution in [0, 0.1) is 5.92 Å². The molecule has 0 fully saturated rings. The van der Waals surface area contributed by atoms with E-state index in [1.807, 2.05) is 0 Å². The molecule has 0 aromatic heterocycles. The maximum absolute atomic E-state index is 12.6. The first kappa shape index (κ1) is 25.4. The van der Waals surface area contributed by atoms with Crippen molar-refractivity contribution in [1.29, 1.82) is 0 Å². The first-order chi connectivity index (χ1) is 14.4. The second-order valence-electron chi connectivity index (χ2n) is 7.02. The van der Waals surface area contributed by atoms with Gasteiger partial charge in [0.2, 0.25) is 10.0 Å². The quantitative estimate of drug-likeness (QED) is 0.512. The molecule has 2 atom stereocenters. The minimum absolute atomic E-state index is 0.0565. The third-order valence-electron chi connectivity index (χ3n) is 4.12. The van der Waals surface area contributed by atoms with Gasteiger partial charge in [0.25, 0.3) is 5.91 Å². The third kappa shape index (κ3) is 7.36. The van der Waals surface area contributed by atoms with Gasteiger partial charge in [-0.2, -0.15) is 4.72 Å². The number of ether oxygens (including phenoxy) is 1. The number of nitrogens with one attached hydrogen (secondary N) is 2. The van der Waals surface area contributed by atoms with E-state index in [0.717, 1.165) is 0 Å². The number of hydrogen-bond acceptors (Lipinski definition) is 5. The fraction of sp³-hybridized carbons (Fsp3) is 0.300. The van der Waals surface area contributed by atoms with Crippen molar-refractivity contribution in [2.24, 2.45) is 5.92 Å². The molecule has 0 radical (unpaired) electrons. The van der Waals surface area contributed by atoms with E-state index in [9.17, 15) is 18.0 Å². The van der Waals surface area contributed by atoms with Gasteiger partial charge >= 0.3 is 5.97 Å². The van der Waals surface area contributed by atoms with Crippen molar-refractivity contribution in [3.63, 3.8) is 0 Å². The van der Waals surface area contributed by atoms with Crippen LogP contribution in [0.3, 0.4) is 0 Å². The largest absolute Gasteiger partial charge is 0.451 e. The van der Waals surface area contributed by atoms with Gasteiger partial charge in [-0.05, 0) is 55.3 Å². The molecule has 0 aliphatic carbocycles. The van der Waals surface area contributed by atoms with E-state index in [1.54, 1.807) is 13.8 Å². The van der Waals surface area contributed by atoms with Crippen molar-refractivity contribution in [3.8, 4) is 0 Å². The van der Waals surface area contributed by atoms with Gasteiger partial charge in [-0.15, -0.1) is 0 Å². The lowest BCUT2D eigenvalue weighted by molar-refractivity contribution is -0.155. The van der Waals surface area contributed by atoms with Gasteiger partial charge in [0, 0.05) is 20.8 Å². The average Bonchev–Trinajstić information content (AvgIpc) is 2.65. The Labute approximate surface area is 196 Å². The molecule has 0 spiro atoms. The Kier molecular flexibility index (Phi) is 8.73. The molecule has 168 valence electrons. The molecule has 31 heavy (non-hydrogen) atoms. The van der Waals surface area contributed by atoms with Crippen LogP contribution in [0.15, 0.2) is 47.4 Å². The molecule has 2 N–H and O–H groups in total. The molecule has 0 aliphatic heterocycles. The molecule has 0 saturated carbocycles. The summed E-state index contributed by atoms with van der Waals surface area (Å²) >= 11 is 17.6. The Morgan fingerprint density at radius 1 is 0.903 bits per heavy atom. The van der Waals surface area contributed by atoms with Gasteiger partial charge in [0.1, 0.15) is 6.04 Å². The Morgan fingerprint density at radius 2 is 1.45 bits per heavy atom. The summed E-state index contributed by atoms with van der Waals surface area (Å²) in [6, 6.07) is 8.74. The number of hydrogen-bond donors (Lipinski definition) is 2. The molecule has 0 saturated heterocycles. The van der Waals surface area contributed by atoms with E-state index in [4.69, 9.17) is 39.5 Å². The summed E-state index contributed by atoms with van der Waals surface area (Å²) in [5, 5.41) is 3.56. The molecule has 11 heteroatoms. The molecule has 0 aliphatic rings. The third-order valence-corrected chi connectivity index (χ3v) is 6.26. The van der Waals surface area contributed by atoms with Crippen molar-refractivity contribution in [2.45, 2.75) is 37.8 Å². The summed E-state index contributed by atoms with van der Waals surface area (Å²) < 4.78 is 32.8. The van der Waals surface area contributed by atoms with Crippen molar-refractivity contribution < 1.29 is 22.7 Å². The number of anilines is 1. The van der Waals surface area contributed by atoms with Crippen LogP contribution in [-0.2, 0) is 24.3 Å². The fourth-order valence-corrected chi connectivity index (χ4v) is 4.46. The van der Waals surface area contributed by atoms with Crippen LogP contribution >= 0.6 is 34.8 Å². The van der Waals surface area contributed by atoms with Gasteiger partial charge in [-0.25, -0.2) is 8.42 Å². The highest BCUT2D eigenvalue weighted by Crippen LogP contribution is 2.23. The van der Waals surface area contributed by atoms with Crippen LogP contribution in [0.4, 0.5) is 5.69 Å². The standard InChI is InChI=1S/C20H21Cl3N2O5S/c1-11(2)18(25-31(28,29)17-6-4-13(21)5-7-17)20(27)30-12(3)19(26)24-16-9-14(22)8-15(23)10-16/h4-12,18,25H,1-3H3,(H,24,26)/t12?,18-/m0/s1. The van der Waals surface area contributed by atoms with Gasteiger partial charge in [-0.1, -0.05) is 48.7 Å². The molecule has 1 unspecified atom stereocenters. The van der Waals surface area contributed by atoms with E-state index >= 15 is 0 Å². The van der Waals surface area contributed by atoms with Crippen LogP contribution in [0.5, 0.6) is 0 Å². The summed E-state index contributed by atoms with van der Waals surface area (Å²) in [4.78, 5) is 25.0. The van der Waals surface area contributed by atoms with E-state index in [0.29, 0.717) is 20.8 Å². The van der Waals surface area contributed by atoms with Crippen molar-refractivity contribution in [3.05, 3.63) is 57.5 Å². The summed E-state index contributed by atoms with van der Waals surface area (Å²) in [6.07, 6.45) is -1.20. The number of benzene rings is 2. The van der Waals surface area contributed by atoms with Crippen LogP contribution in [0.1, 0.15) is 20.8 Å². The molecule has 2 aromatic carbocycles. The van der Waals surface area contributed by atoms with Gasteiger partial charge in [0.15, 0.2) is 6.10 Å². The first-order valence-corrected chi connectivity index (χ1v) is 11.8. The van der Waals surface area contributed by atoms with Crippen LogP contribution in [0.2, 0.25) is 15.1 Å². The fourth-order valence-electron chi connectivity index (χ4n) is 2.48. The Morgan fingerprint density at radius 3 is 1.97 bits per heavy atom. The molecule has 0 heterocycles. The topological polar surface area (TPSA) is 102 Å². The minimum Gasteiger partial charge on any atom is -0.451 e. The van der Waals surface area contributed by atoms with E-state index in [1.165, 1.54) is 49.4 Å². The predicted octanol–water partition coefficient (Wildman–Crippen LogP) is 4.52. The second-order valence-corrected chi connectivity index (χ2v) is 10.0. The first-order valence-electron chi connectivity index (χ1n) is 9.14. The number of sulfonamides is 1. The molecule has 7 nitrogen and oxygen atoms in total. The predicted molar refractivity (Wildman–Crippen MR) is 121 cm³/mol. The van der Waals surface area contributed by atoms with Gasteiger partial charge < -0.3 is 10.1 Å². The van der Waals surface area contributed by atoms with Gasteiger partial charge in [-0.3, -0.25) is 9.59 Å². The minimum atomic E-state index is -4.02. The molecule has 2 aromatic rings. The smallest absolute Gasteiger partial charge is 0.325 e. The summed E-state index contributed by atoms with van der Waals surface area (Å²) in [7, 11) is -4.02. The number of rotatable bonds is 8. The second kappa shape index (κ2) is 10.7. The molecule has 2 rings (SSSR count). The number of carbonyl (C=O) groups is 2. The highest BCUT2D eigenvalue weighted by Gasteiger charge is 2.32. The number of amides is 1. The maximum atomic E-state index is 12.6. The summed E-state index contributed by atoms with van der Waals surface area (Å²) in [5.41, 5.74) is 0.328. The van der Waals surface area contributed by atoms with Crippen LogP contribution in [-0.4, -0.2) is 32.4 Å². The lowest BCUT2D eigenvalue weighted by Gasteiger charge is -2.23. The normalized spacial score (nSPS) is 13.5. The highest BCUT2D eigenvalue weighted by atomic mass is 35.5. The van der Waals surface area contributed by atoms with Crippen molar-refractivity contribution >= 4 is 62.4 Å². The van der Waals surface area contributed by atoms with E-state index in [2.05, 4.69) is 10.0 Å². The lowest BCUT2D eigenvalue weighted by Crippen LogP contribution is -2.47. The van der Waals surface area contributed by atoms with Crippen LogP contribution < -0.4 is 10.0 Å². The number of carbonyl (C=O) groups excluding carboxylic acids is 2.